The van der Waals surface area contributed by atoms with E-state index in [0.29, 0.717) is 5.78 Å². The first kappa shape index (κ1) is 12.3. The molecule has 1 aromatic rings. The van der Waals surface area contributed by atoms with Crippen molar-refractivity contribution in [2.24, 2.45) is 5.92 Å². The zero-order valence-electron chi connectivity index (χ0n) is 10.8. The Morgan fingerprint density at radius 2 is 2.06 bits per heavy atom. The number of nitrogens with zero attached hydrogens (tertiary/aromatic N) is 1. The molecule has 1 aliphatic carbocycles. The Balaban J connectivity index is 1.98. The van der Waals surface area contributed by atoms with Crippen LogP contribution in [0, 0.1) is 5.92 Å². The first-order valence-electron chi connectivity index (χ1n) is 6.45. The quantitative estimate of drug-likeness (QED) is 0.794. The molecule has 0 heterocycles. The van der Waals surface area contributed by atoms with E-state index in [1.807, 2.05) is 18.2 Å². The molecular weight excluding hydrogens is 210 g/mol. The summed E-state index contributed by atoms with van der Waals surface area (Å²) in [5.41, 5.74) is 2.20. The fourth-order valence-corrected chi connectivity index (χ4v) is 2.59. The van der Waals surface area contributed by atoms with E-state index in [1.165, 1.54) is 5.56 Å². The number of benzene rings is 1. The summed E-state index contributed by atoms with van der Waals surface area (Å²) in [6.45, 7) is 1.07. The van der Waals surface area contributed by atoms with E-state index in [1.54, 1.807) is 0 Å². The van der Waals surface area contributed by atoms with E-state index in [0.717, 1.165) is 37.8 Å². The summed E-state index contributed by atoms with van der Waals surface area (Å²) < 4.78 is 0. The second kappa shape index (κ2) is 5.46. The smallest absolute Gasteiger partial charge is 0.166 e. The first-order chi connectivity index (χ1) is 8.18. The van der Waals surface area contributed by atoms with Crippen LogP contribution in [0.4, 0.5) is 0 Å². The Kier molecular flexibility index (Phi) is 3.95. The standard InChI is InChI=1S/C15H21NO/c1-16(2)11-5-7-13-10-9-12-6-3-4-8-14(12)15(13)17/h3-4,6,8,13H,5,7,9-11H2,1-2H3. The van der Waals surface area contributed by atoms with Crippen molar-refractivity contribution in [1.29, 1.82) is 0 Å². The molecule has 0 aliphatic heterocycles. The van der Waals surface area contributed by atoms with E-state index >= 15 is 0 Å². The van der Waals surface area contributed by atoms with E-state index in [9.17, 15) is 4.79 Å². The summed E-state index contributed by atoms with van der Waals surface area (Å²) in [5, 5.41) is 0. The second-order valence-corrected chi connectivity index (χ2v) is 5.20. The van der Waals surface area contributed by atoms with E-state index in [4.69, 9.17) is 0 Å². The zero-order valence-corrected chi connectivity index (χ0v) is 10.8. The molecule has 0 spiro atoms. The number of hydrogen-bond acceptors (Lipinski definition) is 2. The average Bonchev–Trinajstić information content (AvgIpc) is 2.32. The topological polar surface area (TPSA) is 20.3 Å². The van der Waals surface area contributed by atoms with Crippen LogP contribution in [0.25, 0.3) is 0 Å². The van der Waals surface area contributed by atoms with E-state index in [2.05, 4.69) is 25.1 Å². The van der Waals surface area contributed by atoms with Gasteiger partial charge in [-0.25, -0.2) is 0 Å². The molecule has 2 nitrogen and oxygen atoms in total. The van der Waals surface area contributed by atoms with Gasteiger partial charge < -0.3 is 4.90 Å². The van der Waals surface area contributed by atoms with Crippen LogP contribution in [0.15, 0.2) is 24.3 Å². The minimum Gasteiger partial charge on any atom is -0.309 e. The Bertz CT molecular complexity index is 398. The minimum absolute atomic E-state index is 0.254. The molecule has 17 heavy (non-hydrogen) atoms. The number of ketones is 1. The molecule has 0 saturated heterocycles. The molecule has 2 heteroatoms. The highest BCUT2D eigenvalue weighted by Crippen LogP contribution is 2.28. The van der Waals surface area contributed by atoms with Gasteiger partial charge in [0.1, 0.15) is 0 Å². The molecule has 0 saturated carbocycles. The summed E-state index contributed by atoms with van der Waals surface area (Å²) in [4.78, 5) is 14.5. The van der Waals surface area contributed by atoms with Crippen molar-refractivity contribution in [1.82, 2.24) is 4.90 Å². The van der Waals surface area contributed by atoms with Gasteiger partial charge >= 0.3 is 0 Å². The fourth-order valence-electron chi connectivity index (χ4n) is 2.59. The van der Waals surface area contributed by atoms with Gasteiger partial charge in [0.15, 0.2) is 5.78 Å². The third-order valence-corrected chi connectivity index (χ3v) is 3.57. The van der Waals surface area contributed by atoms with Gasteiger partial charge in [-0.15, -0.1) is 0 Å². The molecule has 0 fully saturated rings. The molecule has 2 rings (SSSR count). The van der Waals surface area contributed by atoms with Crippen molar-refractivity contribution < 1.29 is 4.79 Å². The van der Waals surface area contributed by atoms with Gasteiger partial charge in [0.05, 0.1) is 0 Å². The van der Waals surface area contributed by atoms with Crippen LogP contribution in [0.3, 0.4) is 0 Å². The molecule has 0 aromatic heterocycles. The molecule has 1 unspecified atom stereocenters. The van der Waals surface area contributed by atoms with Crippen LogP contribution in [0.5, 0.6) is 0 Å². The summed E-state index contributed by atoms with van der Waals surface area (Å²) in [6, 6.07) is 8.07. The molecule has 0 amide bonds. The summed E-state index contributed by atoms with van der Waals surface area (Å²) in [6.07, 6.45) is 4.24. The molecule has 0 N–H and O–H groups in total. The van der Waals surface area contributed by atoms with Crippen LogP contribution in [0.2, 0.25) is 0 Å². The lowest BCUT2D eigenvalue weighted by Gasteiger charge is -2.23. The largest absolute Gasteiger partial charge is 0.309 e. The molecular formula is C15H21NO. The molecule has 0 bridgehead atoms. The highest BCUT2D eigenvalue weighted by atomic mass is 16.1. The predicted octanol–water partition coefficient (Wildman–Crippen LogP) is 2.77. The maximum absolute atomic E-state index is 12.3. The first-order valence-corrected chi connectivity index (χ1v) is 6.45. The number of aryl methyl sites for hydroxylation is 1. The maximum atomic E-state index is 12.3. The highest BCUT2D eigenvalue weighted by Gasteiger charge is 2.26. The Morgan fingerprint density at radius 1 is 1.29 bits per heavy atom. The number of fused-ring (bicyclic) bond motifs is 1. The fraction of sp³-hybridized carbons (Fsp3) is 0.533. The van der Waals surface area contributed by atoms with E-state index < -0.39 is 0 Å². The lowest BCUT2D eigenvalue weighted by molar-refractivity contribution is 0.0891. The lowest BCUT2D eigenvalue weighted by Crippen LogP contribution is -2.24. The van der Waals surface area contributed by atoms with Crippen LogP contribution >= 0.6 is 0 Å². The van der Waals surface area contributed by atoms with Gasteiger partial charge in [-0.2, -0.15) is 0 Å². The Labute approximate surface area is 104 Å². The van der Waals surface area contributed by atoms with Gasteiger partial charge in [-0.3, -0.25) is 4.79 Å². The Hall–Kier alpha value is -1.15. The maximum Gasteiger partial charge on any atom is 0.166 e. The predicted molar refractivity (Wildman–Crippen MR) is 70.4 cm³/mol. The van der Waals surface area contributed by atoms with Crippen molar-refractivity contribution in [2.45, 2.75) is 25.7 Å². The Morgan fingerprint density at radius 3 is 2.82 bits per heavy atom. The number of rotatable bonds is 4. The number of carbonyl (C=O) groups excluding carboxylic acids is 1. The van der Waals surface area contributed by atoms with Crippen LogP contribution in [0.1, 0.15) is 35.2 Å². The molecule has 1 aliphatic rings. The molecule has 1 aromatic carbocycles. The third-order valence-electron chi connectivity index (χ3n) is 3.57. The highest BCUT2D eigenvalue weighted by molar-refractivity contribution is 6.00. The second-order valence-electron chi connectivity index (χ2n) is 5.20. The molecule has 92 valence electrons. The SMILES string of the molecule is CN(C)CCCC1CCc2ccccc2C1=O. The minimum atomic E-state index is 0.254. The van der Waals surface area contributed by atoms with Gasteiger partial charge in [-0.1, -0.05) is 24.3 Å². The number of carbonyl (C=O) groups is 1. The van der Waals surface area contributed by atoms with Crippen molar-refractivity contribution in [2.75, 3.05) is 20.6 Å². The van der Waals surface area contributed by atoms with Crippen LogP contribution in [-0.4, -0.2) is 31.3 Å². The number of Topliss-reactive ketones (excluding diaryl/α,β-unsaturated/α-hetero) is 1. The van der Waals surface area contributed by atoms with Gasteiger partial charge in [0, 0.05) is 11.5 Å². The zero-order chi connectivity index (χ0) is 12.3. The molecule has 1 atom stereocenters. The van der Waals surface area contributed by atoms with Crippen molar-refractivity contribution >= 4 is 5.78 Å². The third kappa shape index (κ3) is 2.95. The average molecular weight is 231 g/mol. The van der Waals surface area contributed by atoms with Gasteiger partial charge in [0.2, 0.25) is 0 Å². The van der Waals surface area contributed by atoms with Crippen molar-refractivity contribution in [3.05, 3.63) is 35.4 Å². The van der Waals surface area contributed by atoms with Crippen molar-refractivity contribution in [3.8, 4) is 0 Å². The van der Waals surface area contributed by atoms with Crippen LogP contribution < -0.4 is 0 Å². The summed E-state index contributed by atoms with van der Waals surface area (Å²) in [5.74, 6) is 0.621. The monoisotopic (exact) mass is 231 g/mol. The molecule has 0 radical (unpaired) electrons. The van der Waals surface area contributed by atoms with Gasteiger partial charge in [0.25, 0.3) is 0 Å². The normalized spacial score (nSPS) is 19.5. The van der Waals surface area contributed by atoms with Crippen LogP contribution in [-0.2, 0) is 6.42 Å². The lowest BCUT2D eigenvalue weighted by atomic mass is 9.80. The summed E-state index contributed by atoms with van der Waals surface area (Å²) >= 11 is 0. The summed E-state index contributed by atoms with van der Waals surface area (Å²) in [7, 11) is 4.16. The van der Waals surface area contributed by atoms with Gasteiger partial charge in [-0.05, 0) is 51.9 Å². The number of hydrogen-bond donors (Lipinski definition) is 0. The van der Waals surface area contributed by atoms with E-state index in [-0.39, 0.29) is 5.92 Å². The van der Waals surface area contributed by atoms with Crippen molar-refractivity contribution in [3.63, 3.8) is 0 Å².